The van der Waals surface area contributed by atoms with E-state index in [2.05, 4.69) is 22.3 Å². The number of rotatable bonds is 6. The van der Waals surface area contributed by atoms with Crippen LogP contribution in [-0.4, -0.2) is 41.1 Å². The smallest absolute Gasteiger partial charge is 0.227 e. The molecule has 1 fully saturated rings. The molecule has 0 spiro atoms. The van der Waals surface area contributed by atoms with Crippen molar-refractivity contribution in [1.29, 1.82) is 0 Å². The first-order valence-corrected chi connectivity index (χ1v) is 8.84. The van der Waals surface area contributed by atoms with E-state index in [0.29, 0.717) is 30.5 Å². The monoisotopic (exact) mass is 343 g/mol. The fourth-order valence-electron chi connectivity index (χ4n) is 3.30. The Morgan fingerprint density at radius 3 is 2.60 bits per heavy atom. The number of hydrogen-bond acceptors (Lipinski definition) is 5. The zero-order valence-electron chi connectivity index (χ0n) is 14.9. The maximum atomic E-state index is 12.3. The molecule has 6 heteroatoms. The van der Waals surface area contributed by atoms with Crippen molar-refractivity contribution in [3.63, 3.8) is 0 Å². The van der Waals surface area contributed by atoms with Crippen molar-refractivity contribution in [2.24, 2.45) is 5.92 Å². The molecule has 6 nitrogen and oxygen atoms in total. The minimum Gasteiger partial charge on any atom is -0.497 e. The Kier molecular flexibility index (Phi) is 5.68. The summed E-state index contributed by atoms with van der Waals surface area (Å²) >= 11 is 0. The molecule has 1 saturated heterocycles. The van der Waals surface area contributed by atoms with Crippen LogP contribution in [0.1, 0.15) is 36.5 Å². The lowest BCUT2D eigenvalue weighted by molar-refractivity contribution is -0.132. The molecule has 0 atom stereocenters. The summed E-state index contributed by atoms with van der Waals surface area (Å²) in [6.45, 7) is 3.45. The van der Waals surface area contributed by atoms with E-state index >= 15 is 0 Å². The van der Waals surface area contributed by atoms with Crippen LogP contribution in [0.25, 0.3) is 0 Å². The molecular formula is C19H25N3O3. The first-order valence-electron chi connectivity index (χ1n) is 8.84. The molecule has 0 radical (unpaired) electrons. The average molecular weight is 343 g/mol. The highest BCUT2D eigenvalue weighted by atomic mass is 16.5. The normalized spacial score (nSPS) is 15.4. The highest BCUT2D eigenvalue weighted by Gasteiger charge is 2.23. The molecule has 3 rings (SSSR count). The summed E-state index contributed by atoms with van der Waals surface area (Å²) in [7, 11) is 1.68. The Morgan fingerprint density at radius 1 is 1.28 bits per heavy atom. The largest absolute Gasteiger partial charge is 0.497 e. The molecule has 25 heavy (non-hydrogen) atoms. The van der Waals surface area contributed by atoms with Crippen LogP contribution in [0.3, 0.4) is 0 Å². The van der Waals surface area contributed by atoms with Crippen LogP contribution in [0.5, 0.6) is 5.75 Å². The summed E-state index contributed by atoms with van der Waals surface area (Å²) in [5.74, 6) is 2.86. The number of hydrogen-bond donors (Lipinski definition) is 0. The van der Waals surface area contributed by atoms with Crippen LogP contribution in [-0.2, 0) is 17.6 Å². The molecule has 1 aromatic heterocycles. The van der Waals surface area contributed by atoms with Gasteiger partial charge in [0.05, 0.1) is 7.11 Å². The Bertz CT molecular complexity index is 688. The Labute approximate surface area is 148 Å². The molecular weight excluding hydrogens is 318 g/mol. The fourth-order valence-corrected chi connectivity index (χ4v) is 3.30. The summed E-state index contributed by atoms with van der Waals surface area (Å²) in [6, 6.07) is 8.27. The van der Waals surface area contributed by atoms with E-state index in [0.717, 1.165) is 38.1 Å². The van der Waals surface area contributed by atoms with Crippen LogP contribution in [0.2, 0.25) is 0 Å². The SMILES string of the molecule is COc1ccc(CC2CCN(C(=O)CCc3nc(C)no3)CC2)cc1. The standard InChI is InChI=1S/C19H25N3O3/c1-14-20-18(25-21-14)7-8-19(23)22-11-9-16(10-12-22)13-15-3-5-17(24-2)6-4-15/h3-6,16H,7-13H2,1-2H3. The number of ether oxygens (including phenoxy) is 1. The van der Waals surface area contributed by atoms with E-state index in [1.807, 2.05) is 17.0 Å². The Balaban J connectivity index is 1.42. The van der Waals surface area contributed by atoms with Crippen LogP contribution in [0, 0.1) is 12.8 Å². The van der Waals surface area contributed by atoms with Gasteiger partial charge in [0.15, 0.2) is 5.82 Å². The summed E-state index contributed by atoms with van der Waals surface area (Å²) in [5, 5.41) is 3.75. The van der Waals surface area contributed by atoms with Gasteiger partial charge in [-0.1, -0.05) is 17.3 Å². The number of amides is 1. The van der Waals surface area contributed by atoms with Crippen molar-refractivity contribution in [3.05, 3.63) is 41.5 Å². The van der Waals surface area contributed by atoms with Crippen molar-refractivity contribution >= 4 is 5.91 Å². The van der Waals surface area contributed by atoms with Crippen LogP contribution >= 0.6 is 0 Å². The summed E-state index contributed by atoms with van der Waals surface area (Å²) in [6.07, 6.45) is 4.12. The van der Waals surface area contributed by atoms with Gasteiger partial charge in [0, 0.05) is 25.9 Å². The van der Waals surface area contributed by atoms with Crippen molar-refractivity contribution in [1.82, 2.24) is 15.0 Å². The molecule has 1 amide bonds. The number of piperidine rings is 1. The van der Waals surface area contributed by atoms with Crippen LogP contribution in [0.4, 0.5) is 0 Å². The van der Waals surface area contributed by atoms with E-state index in [1.54, 1.807) is 14.0 Å². The number of carbonyl (C=O) groups excluding carboxylic acids is 1. The third-order valence-electron chi connectivity index (χ3n) is 4.77. The van der Waals surface area contributed by atoms with Gasteiger partial charge in [0.25, 0.3) is 0 Å². The lowest BCUT2D eigenvalue weighted by atomic mass is 9.90. The molecule has 0 N–H and O–H groups in total. The second kappa shape index (κ2) is 8.14. The molecule has 134 valence electrons. The lowest BCUT2D eigenvalue weighted by Crippen LogP contribution is -2.39. The van der Waals surface area contributed by atoms with Gasteiger partial charge in [0.2, 0.25) is 11.8 Å². The third-order valence-corrected chi connectivity index (χ3v) is 4.77. The first-order chi connectivity index (χ1) is 12.1. The number of methoxy groups -OCH3 is 1. The molecule has 0 unspecified atom stereocenters. The minimum atomic E-state index is 0.179. The topological polar surface area (TPSA) is 68.5 Å². The van der Waals surface area contributed by atoms with Crippen LogP contribution < -0.4 is 4.74 Å². The van der Waals surface area contributed by atoms with Crippen molar-refractivity contribution in [2.75, 3.05) is 20.2 Å². The number of likely N-dealkylation sites (tertiary alicyclic amines) is 1. The zero-order chi connectivity index (χ0) is 17.6. The number of carbonyl (C=O) groups is 1. The molecule has 1 aliphatic rings. The minimum absolute atomic E-state index is 0.179. The quantitative estimate of drug-likeness (QED) is 0.807. The van der Waals surface area contributed by atoms with Gasteiger partial charge < -0.3 is 14.2 Å². The second-order valence-corrected chi connectivity index (χ2v) is 6.61. The van der Waals surface area contributed by atoms with Gasteiger partial charge in [-0.05, 0) is 49.8 Å². The molecule has 0 bridgehead atoms. The molecule has 2 aromatic rings. The van der Waals surface area contributed by atoms with Crippen molar-refractivity contribution in [2.45, 2.75) is 39.0 Å². The maximum Gasteiger partial charge on any atom is 0.227 e. The molecule has 1 aromatic carbocycles. The lowest BCUT2D eigenvalue weighted by Gasteiger charge is -2.32. The average Bonchev–Trinajstić information content (AvgIpc) is 3.06. The second-order valence-electron chi connectivity index (χ2n) is 6.61. The van der Waals surface area contributed by atoms with Gasteiger partial charge in [-0.2, -0.15) is 4.98 Å². The molecule has 0 aliphatic carbocycles. The predicted octanol–water partition coefficient (Wildman–Crippen LogP) is 2.80. The fraction of sp³-hybridized carbons (Fsp3) is 0.526. The summed E-state index contributed by atoms with van der Waals surface area (Å²) < 4.78 is 10.3. The van der Waals surface area contributed by atoms with Gasteiger partial charge in [-0.15, -0.1) is 0 Å². The van der Waals surface area contributed by atoms with E-state index in [9.17, 15) is 4.79 Å². The molecule has 0 saturated carbocycles. The molecule has 2 heterocycles. The highest BCUT2D eigenvalue weighted by molar-refractivity contribution is 5.76. The van der Waals surface area contributed by atoms with Gasteiger partial charge >= 0.3 is 0 Å². The zero-order valence-corrected chi connectivity index (χ0v) is 14.9. The van der Waals surface area contributed by atoms with E-state index < -0.39 is 0 Å². The van der Waals surface area contributed by atoms with Gasteiger partial charge in [-0.25, -0.2) is 0 Å². The first kappa shape index (κ1) is 17.5. The van der Waals surface area contributed by atoms with Gasteiger partial charge in [0.1, 0.15) is 5.75 Å². The Morgan fingerprint density at radius 2 is 2.00 bits per heavy atom. The Hall–Kier alpha value is -2.37. The summed E-state index contributed by atoms with van der Waals surface area (Å²) in [4.78, 5) is 18.4. The number of benzene rings is 1. The highest BCUT2D eigenvalue weighted by Crippen LogP contribution is 2.23. The van der Waals surface area contributed by atoms with E-state index in [1.165, 1.54) is 5.56 Å². The number of aromatic nitrogens is 2. The molecule has 1 aliphatic heterocycles. The number of aryl methyl sites for hydroxylation is 2. The van der Waals surface area contributed by atoms with E-state index in [-0.39, 0.29) is 5.91 Å². The van der Waals surface area contributed by atoms with E-state index in [4.69, 9.17) is 9.26 Å². The predicted molar refractivity (Wildman–Crippen MR) is 93.4 cm³/mol. The third kappa shape index (κ3) is 4.81. The van der Waals surface area contributed by atoms with Crippen molar-refractivity contribution < 1.29 is 14.1 Å². The summed E-state index contributed by atoms with van der Waals surface area (Å²) in [5.41, 5.74) is 1.33. The maximum absolute atomic E-state index is 12.3. The van der Waals surface area contributed by atoms with Crippen LogP contribution in [0.15, 0.2) is 28.8 Å². The van der Waals surface area contributed by atoms with Gasteiger partial charge in [-0.3, -0.25) is 4.79 Å². The number of nitrogens with zero attached hydrogens (tertiary/aromatic N) is 3. The van der Waals surface area contributed by atoms with Crippen molar-refractivity contribution in [3.8, 4) is 5.75 Å².